The Morgan fingerprint density at radius 3 is 1.55 bits per heavy atom. The van der Waals surface area contributed by atoms with Crippen molar-refractivity contribution in [2.24, 2.45) is 0 Å². The number of nitrogen functional groups attached to an aromatic ring is 2. The van der Waals surface area contributed by atoms with E-state index in [9.17, 15) is 0 Å². The molecule has 0 saturated heterocycles. The van der Waals surface area contributed by atoms with Crippen molar-refractivity contribution in [2.45, 2.75) is 6.92 Å². The van der Waals surface area contributed by atoms with Crippen LogP contribution in [-0.4, -0.2) is 0 Å². The van der Waals surface area contributed by atoms with Crippen molar-refractivity contribution < 1.29 is 9.47 Å². The summed E-state index contributed by atoms with van der Waals surface area (Å²) in [4.78, 5) is 0. The molecule has 4 nitrogen and oxygen atoms in total. The number of anilines is 2. The minimum absolute atomic E-state index is 0.615. The van der Waals surface area contributed by atoms with Crippen LogP contribution >= 0.6 is 0 Å². The van der Waals surface area contributed by atoms with E-state index in [1.54, 1.807) is 0 Å². The van der Waals surface area contributed by atoms with E-state index in [1.165, 1.54) is 0 Å². The summed E-state index contributed by atoms with van der Waals surface area (Å²) in [6.07, 6.45) is 2.13. The van der Waals surface area contributed by atoms with Gasteiger partial charge >= 0.3 is 0 Å². The van der Waals surface area contributed by atoms with Gasteiger partial charge in [0.2, 0.25) is 0 Å². The molecule has 0 aromatic heterocycles. The molecular formula is C27H24N2O2. The van der Waals surface area contributed by atoms with Crippen molar-refractivity contribution in [3.63, 3.8) is 0 Å². The number of ether oxygens (including phenoxy) is 2. The number of hydrogen-bond donors (Lipinski definition) is 2. The fourth-order valence-electron chi connectivity index (χ4n) is 3.15. The van der Waals surface area contributed by atoms with Gasteiger partial charge in [-0.3, -0.25) is 0 Å². The summed E-state index contributed by atoms with van der Waals surface area (Å²) >= 11 is 0. The molecule has 0 saturated carbocycles. The molecule has 0 unspecified atom stereocenters. The quantitative estimate of drug-likeness (QED) is 0.266. The summed E-state index contributed by atoms with van der Waals surface area (Å²) in [6.45, 7) is 2.08. The van der Waals surface area contributed by atoms with E-state index in [-0.39, 0.29) is 0 Å². The Morgan fingerprint density at radius 2 is 1.06 bits per heavy atom. The lowest BCUT2D eigenvalue weighted by molar-refractivity contribution is 0.485. The lowest BCUT2D eigenvalue weighted by Gasteiger charge is -2.10. The van der Waals surface area contributed by atoms with E-state index < -0.39 is 0 Å². The highest BCUT2D eigenvalue weighted by Gasteiger charge is 2.04. The lowest BCUT2D eigenvalue weighted by atomic mass is 10.0. The summed E-state index contributed by atoms with van der Waals surface area (Å²) in [5, 5.41) is 0. The number of rotatable bonds is 6. The second-order valence-corrected chi connectivity index (χ2v) is 7.20. The summed E-state index contributed by atoms with van der Waals surface area (Å²) in [5.41, 5.74) is 16.5. The van der Waals surface area contributed by atoms with E-state index in [4.69, 9.17) is 20.9 Å². The molecule has 0 aliphatic carbocycles. The summed E-state index contributed by atoms with van der Waals surface area (Å²) < 4.78 is 11.7. The molecule has 0 heterocycles. The Labute approximate surface area is 182 Å². The van der Waals surface area contributed by atoms with E-state index in [2.05, 4.69) is 13.0 Å². The monoisotopic (exact) mass is 408 g/mol. The minimum Gasteiger partial charge on any atom is -0.455 e. The van der Waals surface area contributed by atoms with Gasteiger partial charge in [0.15, 0.2) is 0 Å². The maximum absolute atomic E-state index is 5.94. The molecule has 0 aliphatic heterocycles. The molecule has 0 spiro atoms. The standard InChI is InChI=1S/C27H24N2O2/c1-19(21-12-16-23(17-13-21)31-27-9-5-3-7-25(27)29)18-20-10-14-22(15-11-20)30-26-8-4-2-6-24(26)28/h2-18H,28-29H2,1H3/b19-18+. The van der Waals surface area contributed by atoms with Crippen LogP contribution < -0.4 is 20.9 Å². The van der Waals surface area contributed by atoms with Crippen LogP contribution in [0.4, 0.5) is 11.4 Å². The second kappa shape index (κ2) is 9.09. The van der Waals surface area contributed by atoms with Crippen LogP contribution in [0.15, 0.2) is 97.1 Å². The summed E-state index contributed by atoms with van der Waals surface area (Å²) in [7, 11) is 0. The highest BCUT2D eigenvalue weighted by molar-refractivity contribution is 5.80. The zero-order chi connectivity index (χ0) is 21.6. The van der Waals surface area contributed by atoms with Gasteiger partial charge in [0, 0.05) is 0 Å². The van der Waals surface area contributed by atoms with Gasteiger partial charge < -0.3 is 20.9 Å². The third kappa shape index (κ3) is 5.06. The molecule has 0 fully saturated rings. The first kappa shape index (κ1) is 20.1. The van der Waals surface area contributed by atoms with Crippen molar-refractivity contribution in [2.75, 3.05) is 11.5 Å². The molecule has 31 heavy (non-hydrogen) atoms. The molecule has 0 radical (unpaired) electrons. The van der Waals surface area contributed by atoms with Gasteiger partial charge in [0.05, 0.1) is 11.4 Å². The van der Waals surface area contributed by atoms with Crippen molar-refractivity contribution in [3.8, 4) is 23.0 Å². The summed E-state index contributed by atoms with van der Waals surface area (Å²) in [6, 6.07) is 30.8. The summed E-state index contributed by atoms with van der Waals surface area (Å²) in [5.74, 6) is 2.80. The molecule has 154 valence electrons. The Kier molecular flexibility index (Phi) is 5.90. The number of nitrogens with two attached hydrogens (primary N) is 2. The van der Waals surface area contributed by atoms with Crippen LogP contribution in [0.25, 0.3) is 11.6 Å². The van der Waals surface area contributed by atoms with E-state index >= 15 is 0 Å². The third-order valence-electron chi connectivity index (χ3n) is 4.87. The number of para-hydroxylation sites is 4. The van der Waals surface area contributed by atoms with E-state index in [0.29, 0.717) is 22.9 Å². The average Bonchev–Trinajstić information content (AvgIpc) is 2.79. The fraction of sp³-hybridized carbons (Fsp3) is 0.0370. The maximum Gasteiger partial charge on any atom is 0.150 e. The predicted molar refractivity (Wildman–Crippen MR) is 128 cm³/mol. The van der Waals surface area contributed by atoms with Gasteiger partial charge in [-0.15, -0.1) is 0 Å². The zero-order valence-electron chi connectivity index (χ0n) is 17.3. The SMILES string of the molecule is C/C(=C\c1ccc(Oc2ccccc2N)cc1)c1ccc(Oc2ccccc2N)cc1. The number of allylic oxidation sites excluding steroid dienone is 1. The topological polar surface area (TPSA) is 70.5 Å². The van der Waals surface area contributed by atoms with Gasteiger partial charge in [-0.25, -0.2) is 0 Å². The first-order chi connectivity index (χ1) is 15.1. The molecule has 4 aromatic carbocycles. The van der Waals surface area contributed by atoms with Crippen LogP contribution in [-0.2, 0) is 0 Å². The third-order valence-corrected chi connectivity index (χ3v) is 4.87. The van der Waals surface area contributed by atoms with Gasteiger partial charge in [0.1, 0.15) is 23.0 Å². The second-order valence-electron chi connectivity index (χ2n) is 7.20. The van der Waals surface area contributed by atoms with Crippen molar-refractivity contribution in [1.29, 1.82) is 0 Å². The lowest BCUT2D eigenvalue weighted by Crippen LogP contribution is -1.91. The van der Waals surface area contributed by atoms with Crippen LogP contribution in [0.5, 0.6) is 23.0 Å². The molecule has 0 bridgehead atoms. The van der Waals surface area contributed by atoms with Crippen molar-refractivity contribution in [3.05, 3.63) is 108 Å². The van der Waals surface area contributed by atoms with Gasteiger partial charge in [-0.2, -0.15) is 0 Å². The predicted octanol–water partition coefficient (Wildman–Crippen LogP) is 7.00. The molecule has 4 aromatic rings. The average molecular weight is 409 g/mol. The van der Waals surface area contributed by atoms with Crippen molar-refractivity contribution >= 4 is 23.0 Å². The molecule has 4 N–H and O–H groups in total. The van der Waals surface area contributed by atoms with Crippen LogP contribution in [0.2, 0.25) is 0 Å². The molecule has 0 atom stereocenters. The normalized spacial score (nSPS) is 11.2. The maximum atomic E-state index is 5.94. The first-order valence-electron chi connectivity index (χ1n) is 10.0. The first-order valence-corrected chi connectivity index (χ1v) is 10.0. The Hall–Kier alpha value is -4.18. The highest BCUT2D eigenvalue weighted by atomic mass is 16.5. The molecule has 4 rings (SSSR count). The Bertz CT molecular complexity index is 1200. The fourth-order valence-corrected chi connectivity index (χ4v) is 3.15. The van der Waals surface area contributed by atoms with Crippen LogP contribution in [0.3, 0.4) is 0 Å². The van der Waals surface area contributed by atoms with Gasteiger partial charge in [-0.05, 0) is 72.2 Å². The highest BCUT2D eigenvalue weighted by Crippen LogP contribution is 2.29. The molecular weight excluding hydrogens is 384 g/mol. The molecule has 4 heteroatoms. The number of hydrogen-bond acceptors (Lipinski definition) is 4. The van der Waals surface area contributed by atoms with Crippen LogP contribution in [0.1, 0.15) is 18.1 Å². The molecule has 0 aliphatic rings. The number of benzene rings is 4. The largest absolute Gasteiger partial charge is 0.455 e. The zero-order valence-corrected chi connectivity index (χ0v) is 17.3. The molecule has 0 amide bonds. The Balaban J connectivity index is 1.44. The van der Waals surface area contributed by atoms with Crippen LogP contribution in [0, 0.1) is 0 Å². The smallest absolute Gasteiger partial charge is 0.150 e. The van der Waals surface area contributed by atoms with Crippen molar-refractivity contribution in [1.82, 2.24) is 0 Å². The van der Waals surface area contributed by atoms with E-state index in [1.807, 2.05) is 97.1 Å². The minimum atomic E-state index is 0.615. The van der Waals surface area contributed by atoms with Gasteiger partial charge in [0.25, 0.3) is 0 Å². The van der Waals surface area contributed by atoms with Gasteiger partial charge in [-0.1, -0.05) is 54.6 Å². The van der Waals surface area contributed by atoms with E-state index in [0.717, 1.165) is 28.2 Å². The Morgan fingerprint density at radius 1 is 0.613 bits per heavy atom.